The van der Waals surface area contributed by atoms with E-state index in [1.165, 1.54) is 0 Å². The van der Waals surface area contributed by atoms with Crippen molar-refractivity contribution in [2.24, 2.45) is 0 Å². The third-order valence-electron chi connectivity index (χ3n) is 3.48. The number of hydrogen-bond acceptors (Lipinski definition) is 6. The number of nitrogens with two attached hydrogens (primary N) is 1. The molecule has 1 heterocycles. The lowest BCUT2D eigenvalue weighted by atomic mass is 9.98. The van der Waals surface area contributed by atoms with Gasteiger partial charge in [-0.25, -0.2) is 0 Å². The summed E-state index contributed by atoms with van der Waals surface area (Å²) in [5.74, 6) is -0.0481. The van der Waals surface area contributed by atoms with Gasteiger partial charge in [0.1, 0.15) is 5.54 Å². The van der Waals surface area contributed by atoms with Crippen LogP contribution in [-0.4, -0.2) is 46.6 Å². The highest BCUT2D eigenvalue weighted by Gasteiger charge is 2.29. The van der Waals surface area contributed by atoms with Gasteiger partial charge in [0.05, 0.1) is 31.2 Å². The van der Waals surface area contributed by atoms with Gasteiger partial charge >= 0.3 is 0 Å². The van der Waals surface area contributed by atoms with Gasteiger partial charge in [-0.05, 0) is 24.1 Å². The number of fused-ring (bicyclic) bond motifs is 1. The number of carbonyl (C=O) groups is 1. The van der Waals surface area contributed by atoms with E-state index >= 15 is 0 Å². The molecule has 1 aromatic rings. The molecule has 110 valence electrons. The number of nitrogens with one attached hydrogen (secondary N) is 2. The van der Waals surface area contributed by atoms with Gasteiger partial charge in [-0.2, -0.15) is 0 Å². The molecule has 0 bridgehead atoms. The summed E-state index contributed by atoms with van der Waals surface area (Å²) in [5, 5.41) is 33.6. The largest absolute Gasteiger partial charge is 0.397 e. The molecule has 7 nitrogen and oxygen atoms in total. The van der Waals surface area contributed by atoms with Crippen LogP contribution in [0.3, 0.4) is 0 Å². The number of nitrogen functional groups attached to an aromatic ring is 1. The maximum absolute atomic E-state index is 11.3. The minimum atomic E-state index is -1.24. The SMILES string of the molecule is Nc1cc2c(cc1NC(CO)(CO)CO)CCC(=O)N2. The van der Waals surface area contributed by atoms with E-state index in [1.807, 2.05) is 0 Å². The molecule has 1 aromatic carbocycles. The number of benzene rings is 1. The topological polar surface area (TPSA) is 128 Å². The van der Waals surface area contributed by atoms with Crippen molar-refractivity contribution in [2.45, 2.75) is 18.4 Å². The zero-order chi connectivity index (χ0) is 14.8. The van der Waals surface area contributed by atoms with Crippen molar-refractivity contribution in [2.75, 3.05) is 36.2 Å². The van der Waals surface area contributed by atoms with Gasteiger partial charge in [0.25, 0.3) is 0 Å². The molecule has 0 atom stereocenters. The molecule has 0 aromatic heterocycles. The second kappa shape index (κ2) is 5.66. The fraction of sp³-hybridized carbons (Fsp3) is 0.462. The van der Waals surface area contributed by atoms with Gasteiger partial charge in [-0.15, -0.1) is 0 Å². The second-order valence-corrected chi connectivity index (χ2v) is 5.02. The summed E-state index contributed by atoms with van der Waals surface area (Å²) >= 11 is 0. The number of anilines is 3. The zero-order valence-corrected chi connectivity index (χ0v) is 11.0. The van der Waals surface area contributed by atoms with E-state index in [0.29, 0.717) is 29.9 Å². The smallest absolute Gasteiger partial charge is 0.224 e. The summed E-state index contributed by atoms with van der Waals surface area (Å²) in [6, 6.07) is 3.39. The second-order valence-electron chi connectivity index (χ2n) is 5.02. The highest BCUT2D eigenvalue weighted by atomic mass is 16.3. The molecule has 2 rings (SSSR count). The molecule has 0 spiro atoms. The van der Waals surface area contributed by atoms with Crippen molar-refractivity contribution < 1.29 is 20.1 Å². The van der Waals surface area contributed by atoms with Crippen LogP contribution in [0.4, 0.5) is 17.1 Å². The molecular formula is C13H19N3O4. The predicted molar refractivity (Wildman–Crippen MR) is 75.4 cm³/mol. The quantitative estimate of drug-likeness (QED) is 0.395. The summed E-state index contributed by atoms with van der Waals surface area (Å²) in [6.45, 7) is -1.31. The molecule has 0 aliphatic carbocycles. The Morgan fingerprint density at radius 3 is 2.45 bits per heavy atom. The van der Waals surface area contributed by atoms with Crippen molar-refractivity contribution >= 4 is 23.0 Å². The number of carbonyl (C=O) groups excluding carboxylic acids is 1. The highest BCUT2D eigenvalue weighted by molar-refractivity contribution is 5.95. The van der Waals surface area contributed by atoms with Crippen molar-refractivity contribution in [3.8, 4) is 0 Å². The summed E-state index contributed by atoms with van der Waals surface area (Å²) in [7, 11) is 0. The van der Waals surface area contributed by atoms with Crippen LogP contribution >= 0.6 is 0 Å². The fourth-order valence-corrected chi connectivity index (χ4v) is 2.11. The Morgan fingerprint density at radius 2 is 1.85 bits per heavy atom. The van der Waals surface area contributed by atoms with Crippen LogP contribution in [0.1, 0.15) is 12.0 Å². The molecule has 0 fully saturated rings. The summed E-state index contributed by atoms with van der Waals surface area (Å²) in [4.78, 5) is 11.3. The lowest BCUT2D eigenvalue weighted by molar-refractivity contribution is -0.116. The molecule has 0 saturated heterocycles. The first-order valence-corrected chi connectivity index (χ1v) is 6.36. The number of rotatable bonds is 5. The van der Waals surface area contributed by atoms with Gasteiger partial charge in [0, 0.05) is 12.1 Å². The first-order chi connectivity index (χ1) is 9.53. The number of aryl methyl sites for hydroxylation is 1. The molecule has 20 heavy (non-hydrogen) atoms. The van der Waals surface area contributed by atoms with Crippen LogP contribution in [0.15, 0.2) is 12.1 Å². The Hall–Kier alpha value is -1.83. The molecule has 1 aliphatic rings. The highest BCUT2D eigenvalue weighted by Crippen LogP contribution is 2.32. The zero-order valence-electron chi connectivity index (χ0n) is 11.0. The normalized spacial score (nSPS) is 14.7. The van der Waals surface area contributed by atoms with Crippen LogP contribution in [0.25, 0.3) is 0 Å². The molecule has 7 heteroatoms. The van der Waals surface area contributed by atoms with E-state index in [9.17, 15) is 20.1 Å². The van der Waals surface area contributed by atoms with Gasteiger partial charge < -0.3 is 31.7 Å². The third-order valence-corrected chi connectivity index (χ3v) is 3.48. The Morgan fingerprint density at radius 1 is 1.20 bits per heavy atom. The molecule has 1 aliphatic heterocycles. The van der Waals surface area contributed by atoms with Gasteiger partial charge in [0.2, 0.25) is 5.91 Å². The maximum Gasteiger partial charge on any atom is 0.224 e. The first-order valence-electron chi connectivity index (χ1n) is 6.36. The molecule has 0 radical (unpaired) electrons. The van der Waals surface area contributed by atoms with Crippen molar-refractivity contribution in [1.82, 2.24) is 0 Å². The Kier molecular flexibility index (Phi) is 4.12. The van der Waals surface area contributed by atoms with Crippen molar-refractivity contribution in [3.63, 3.8) is 0 Å². The van der Waals surface area contributed by atoms with Gasteiger partial charge in [-0.1, -0.05) is 0 Å². The molecule has 7 N–H and O–H groups in total. The monoisotopic (exact) mass is 281 g/mol. The van der Waals surface area contributed by atoms with Crippen molar-refractivity contribution in [3.05, 3.63) is 17.7 Å². The minimum Gasteiger partial charge on any atom is -0.397 e. The van der Waals surface area contributed by atoms with E-state index in [1.54, 1.807) is 12.1 Å². The van der Waals surface area contributed by atoms with Crippen molar-refractivity contribution in [1.29, 1.82) is 0 Å². The van der Waals surface area contributed by atoms with Gasteiger partial charge in [-0.3, -0.25) is 4.79 Å². The van der Waals surface area contributed by atoms with Crippen LogP contribution < -0.4 is 16.4 Å². The number of aliphatic hydroxyl groups excluding tert-OH is 3. The average Bonchev–Trinajstić information content (AvgIpc) is 2.45. The first kappa shape index (κ1) is 14.6. The summed E-state index contributed by atoms with van der Waals surface area (Å²) in [6.07, 6.45) is 1.00. The van der Waals surface area contributed by atoms with E-state index < -0.39 is 25.4 Å². The Balaban J connectivity index is 2.31. The minimum absolute atomic E-state index is 0.0481. The van der Waals surface area contributed by atoms with Crippen LogP contribution in [0.5, 0.6) is 0 Å². The standard InChI is InChI=1S/C13H19N3O4/c14-9-4-10-8(1-2-12(20)15-10)3-11(9)16-13(5-17,6-18)7-19/h3-4,16-19H,1-2,5-7,14H2,(H,15,20). The van der Waals surface area contributed by atoms with Gasteiger partial charge in [0.15, 0.2) is 0 Å². The third kappa shape index (κ3) is 2.69. The average molecular weight is 281 g/mol. The molecule has 0 unspecified atom stereocenters. The molecule has 1 amide bonds. The predicted octanol–water partition coefficient (Wildman–Crippen LogP) is -0.719. The maximum atomic E-state index is 11.3. The van der Waals surface area contributed by atoms with E-state index in [-0.39, 0.29) is 5.91 Å². The lowest BCUT2D eigenvalue weighted by Gasteiger charge is -2.31. The number of hydrogen-bond donors (Lipinski definition) is 6. The summed E-state index contributed by atoms with van der Waals surface area (Å²) in [5.41, 5.74) is 7.14. The number of amides is 1. The van der Waals surface area contributed by atoms with Crippen LogP contribution in [0, 0.1) is 0 Å². The van der Waals surface area contributed by atoms with E-state index in [0.717, 1.165) is 5.56 Å². The molecule has 0 saturated carbocycles. The fourth-order valence-electron chi connectivity index (χ4n) is 2.11. The molecular weight excluding hydrogens is 262 g/mol. The summed E-state index contributed by atoms with van der Waals surface area (Å²) < 4.78 is 0. The van der Waals surface area contributed by atoms with Crippen LogP contribution in [0.2, 0.25) is 0 Å². The Labute approximate surface area is 116 Å². The number of aliphatic hydroxyl groups is 3. The van der Waals surface area contributed by atoms with Crippen LogP contribution in [-0.2, 0) is 11.2 Å². The van der Waals surface area contributed by atoms with E-state index in [4.69, 9.17) is 5.73 Å². The Bertz CT molecular complexity index is 506. The lowest BCUT2D eigenvalue weighted by Crippen LogP contribution is -2.49. The van der Waals surface area contributed by atoms with E-state index in [2.05, 4.69) is 10.6 Å².